The Kier molecular flexibility index (Phi) is 4.79. The van der Waals surface area contributed by atoms with Crippen LogP contribution in [-0.4, -0.2) is 34.9 Å². The van der Waals surface area contributed by atoms with Crippen LogP contribution in [-0.2, 0) is 6.42 Å². The number of aromatic nitrogens is 2. The molecule has 0 unspecified atom stereocenters. The van der Waals surface area contributed by atoms with Crippen molar-refractivity contribution in [1.82, 2.24) is 14.7 Å². The number of aryl methyl sites for hydroxylation is 1. The molecule has 6 heteroatoms. The number of carbonyl (C=O) groups excluding carboxylic acids is 1. The van der Waals surface area contributed by atoms with Gasteiger partial charge < -0.3 is 14.6 Å². The maximum absolute atomic E-state index is 14.4. The third-order valence-corrected chi connectivity index (χ3v) is 5.05. The van der Waals surface area contributed by atoms with Crippen LogP contribution in [0.25, 0.3) is 5.65 Å². The van der Waals surface area contributed by atoms with Crippen LogP contribution < -0.4 is 10.2 Å². The Hall–Kier alpha value is -2.89. The lowest BCUT2D eigenvalue weighted by atomic mass is 10.1. The summed E-state index contributed by atoms with van der Waals surface area (Å²) in [7, 11) is 0. The number of carbonyl (C=O) groups is 1. The van der Waals surface area contributed by atoms with Crippen molar-refractivity contribution in [3.05, 3.63) is 65.4 Å². The Morgan fingerprint density at radius 1 is 1.26 bits per heavy atom. The molecule has 0 bridgehead atoms. The quantitative estimate of drug-likeness (QED) is 0.753. The Balaban J connectivity index is 1.37. The zero-order chi connectivity index (χ0) is 18.8. The molecule has 1 saturated heterocycles. The highest BCUT2D eigenvalue weighted by molar-refractivity contribution is 5.94. The predicted octanol–water partition coefficient (Wildman–Crippen LogP) is 3.35. The average molecular weight is 366 g/mol. The van der Waals surface area contributed by atoms with E-state index in [4.69, 9.17) is 0 Å². The van der Waals surface area contributed by atoms with Gasteiger partial charge in [0.15, 0.2) is 0 Å². The van der Waals surface area contributed by atoms with Crippen LogP contribution in [0, 0.1) is 12.7 Å². The van der Waals surface area contributed by atoms with E-state index in [9.17, 15) is 9.18 Å². The Bertz CT molecular complexity index is 975. The minimum absolute atomic E-state index is 0.262. The normalized spacial score (nSPS) is 14.1. The Labute approximate surface area is 157 Å². The van der Waals surface area contributed by atoms with Crippen molar-refractivity contribution in [2.45, 2.75) is 26.2 Å². The number of fused-ring (bicyclic) bond motifs is 1. The van der Waals surface area contributed by atoms with Gasteiger partial charge in [-0.15, -0.1) is 0 Å². The van der Waals surface area contributed by atoms with Gasteiger partial charge in [-0.25, -0.2) is 9.37 Å². The van der Waals surface area contributed by atoms with E-state index in [0.29, 0.717) is 24.2 Å². The summed E-state index contributed by atoms with van der Waals surface area (Å²) in [6.07, 6.45) is 6.73. The second kappa shape index (κ2) is 7.39. The highest BCUT2D eigenvalue weighted by Gasteiger charge is 2.17. The van der Waals surface area contributed by atoms with E-state index in [-0.39, 0.29) is 11.7 Å². The molecular formula is C21H23FN4O. The Morgan fingerprint density at radius 2 is 2.07 bits per heavy atom. The SMILES string of the molecule is Cc1cccn2cc(CCNC(=O)c3ccc(N4CCCC4)c(F)c3)nc12. The summed E-state index contributed by atoms with van der Waals surface area (Å²) in [4.78, 5) is 19.0. The van der Waals surface area contributed by atoms with Gasteiger partial charge in [0.1, 0.15) is 11.5 Å². The first-order valence-corrected chi connectivity index (χ1v) is 9.38. The fraction of sp³-hybridized carbons (Fsp3) is 0.333. The van der Waals surface area contributed by atoms with Crippen molar-refractivity contribution in [3.8, 4) is 0 Å². The summed E-state index contributed by atoms with van der Waals surface area (Å²) in [6, 6.07) is 8.74. The van der Waals surface area contributed by atoms with Gasteiger partial charge in [0, 0.05) is 44.0 Å². The van der Waals surface area contributed by atoms with Crippen molar-refractivity contribution in [1.29, 1.82) is 0 Å². The van der Waals surface area contributed by atoms with E-state index in [1.165, 1.54) is 6.07 Å². The van der Waals surface area contributed by atoms with Crippen molar-refractivity contribution < 1.29 is 9.18 Å². The standard InChI is InChI=1S/C21H23FN4O/c1-15-5-4-12-26-14-17(24-20(15)26)8-9-23-21(27)16-6-7-19(18(22)13-16)25-10-2-3-11-25/h4-7,12-14H,2-3,8-11H2,1H3,(H,23,27). The average Bonchev–Trinajstić information content (AvgIpc) is 3.32. The summed E-state index contributed by atoms with van der Waals surface area (Å²) >= 11 is 0. The largest absolute Gasteiger partial charge is 0.369 e. The van der Waals surface area contributed by atoms with Gasteiger partial charge in [0.2, 0.25) is 0 Å². The number of benzene rings is 1. The number of halogens is 1. The van der Waals surface area contributed by atoms with Gasteiger partial charge in [-0.1, -0.05) is 6.07 Å². The first-order valence-electron chi connectivity index (χ1n) is 9.38. The van der Waals surface area contributed by atoms with Crippen molar-refractivity contribution in [2.75, 3.05) is 24.5 Å². The molecule has 1 N–H and O–H groups in total. The number of hydrogen-bond acceptors (Lipinski definition) is 3. The van der Waals surface area contributed by atoms with E-state index < -0.39 is 0 Å². The topological polar surface area (TPSA) is 49.6 Å². The van der Waals surface area contributed by atoms with Gasteiger partial charge >= 0.3 is 0 Å². The molecule has 3 heterocycles. The van der Waals surface area contributed by atoms with Crippen LogP contribution in [0.4, 0.5) is 10.1 Å². The van der Waals surface area contributed by atoms with Crippen LogP contribution in [0.2, 0.25) is 0 Å². The summed E-state index contributed by atoms with van der Waals surface area (Å²) < 4.78 is 16.4. The molecule has 0 aliphatic carbocycles. The van der Waals surface area contributed by atoms with Crippen LogP contribution in [0.5, 0.6) is 0 Å². The van der Waals surface area contributed by atoms with Gasteiger partial charge in [-0.3, -0.25) is 4.79 Å². The van der Waals surface area contributed by atoms with Gasteiger partial charge in [-0.05, 0) is 49.6 Å². The van der Waals surface area contributed by atoms with E-state index >= 15 is 0 Å². The zero-order valence-corrected chi connectivity index (χ0v) is 15.4. The first kappa shape index (κ1) is 17.5. The monoisotopic (exact) mass is 366 g/mol. The maximum Gasteiger partial charge on any atom is 0.251 e. The van der Waals surface area contributed by atoms with Crippen molar-refractivity contribution >= 4 is 17.2 Å². The van der Waals surface area contributed by atoms with Gasteiger partial charge in [0.05, 0.1) is 11.4 Å². The molecule has 0 saturated carbocycles. The second-order valence-corrected chi connectivity index (χ2v) is 7.02. The number of rotatable bonds is 5. The fourth-order valence-electron chi connectivity index (χ4n) is 3.59. The number of amides is 1. The lowest BCUT2D eigenvalue weighted by molar-refractivity contribution is 0.0953. The van der Waals surface area contributed by atoms with Crippen LogP contribution in [0.3, 0.4) is 0 Å². The maximum atomic E-state index is 14.4. The molecule has 3 aromatic rings. The van der Waals surface area contributed by atoms with E-state index in [1.807, 2.05) is 40.8 Å². The second-order valence-electron chi connectivity index (χ2n) is 7.02. The fourth-order valence-corrected chi connectivity index (χ4v) is 3.59. The summed E-state index contributed by atoms with van der Waals surface area (Å²) in [5, 5.41) is 2.85. The smallest absolute Gasteiger partial charge is 0.251 e. The molecular weight excluding hydrogens is 343 g/mol. The van der Waals surface area contributed by atoms with Crippen molar-refractivity contribution in [3.63, 3.8) is 0 Å². The molecule has 5 nitrogen and oxygen atoms in total. The van der Waals surface area contributed by atoms with Crippen LogP contribution in [0.1, 0.15) is 34.5 Å². The molecule has 1 aromatic carbocycles. The lowest BCUT2D eigenvalue weighted by Crippen LogP contribution is -2.26. The van der Waals surface area contributed by atoms with Crippen LogP contribution in [0.15, 0.2) is 42.7 Å². The predicted molar refractivity (Wildman–Crippen MR) is 104 cm³/mol. The summed E-state index contributed by atoms with van der Waals surface area (Å²) in [5.41, 5.74) is 3.89. The number of nitrogens with zero attached hydrogens (tertiary/aromatic N) is 3. The molecule has 0 radical (unpaired) electrons. The molecule has 1 aliphatic heterocycles. The molecule has 1 aliphatic rings. The minimum atomic E-state index is -0.333. The number of hydrogen-bond donors (Lipinski definition) is 1. The molecule has 1 fully saturated rings. The van der Waals surface area contributed by atoms with Gasteiger partial charge in [0.25, 0.3) is 5.91 Å². The number of imidazole rings is 1. The Morgan fingerprint density at radius 3 is 2.81 bits per heavy atom. The van der Waals surface area contributed by atoms with E-state index in [0.717, 1.165) is 42.8 Å². The number of anilines is 1. The molecule has 27 heavy (non-hydrogen) atoms. The summed E-state index contributed by atoms with van der Waals surface area (Å²) in [6.45, 7) is 4.23. The number of nitrogens with one attached hydrogen (secondary N) is 1. The minimum Gasteiger partial charge on any atom is -0.369 e. The molecule has 1 amide bonds. The van der Waals surface area contributed by atoms with E-state index in [1.54, 1.807) is 12.1 Å². The summed E-state index contributed by atoms with van der Waals surface area (Å²) in [5.74, 6) is -0.595. The highest BCUT2D eigenvalue weighted by atomic mass is 19.1. The molecule has 140 valence electrons. The molecule has 0 atom stereocenters. The molecule has 4 rings (SSSR count). The third-order valence-electron chi connectivity index (χ3n) is 5.05. The molecule has 0 spiro atoms. The number of pyridine rings is 1. The van der Waals surface area contributed by atoms with Gasteiger partial charge in [-0.2, -0.15) is 0 Å². The van der Waals surface area contributed by atoms with Crippen molar-refractivity contribution in [2.24, 2.45) is 0 Å². The lowest BCUT2D eigenvalue weighted by Gasteiger charge is -2.18. The highest BCUT2D eigenvalue weighted by Crippen LogP contribution is 2.24. The third kappa shape index (κ3) is 3.65. The first-order chi connectivity index (χ1) is 13.1. The molecule has 2 aromatic heterocycles. The zero-order valence-electron chi connectivity index (χ0n) is 15.4. The van der Waals surface area contributed by atoms with E-state index in [2.05, 4.69) is 10.3 Å². The van der Waals surface area contributed by atoms with Crippen LogP contribution >= 0.6 is 0 Å².